The van der Waals surface area contributed by atoms with Crippen LogP contribution in [0.1, 0.15) is 43.4 Å². The lowest BCUT2D eigenvalue weighted by Crippen LogP contribution is -2.41. The molecule has 1 saturated heterocycles. The molecule has 1 fully saturated rings. The number of aromatic nitrogens is 1. The van der Waals surface area contributed by atoms with Gasteiger partial charge in [0.1, 0.15) is 0 Å². The number of carbonyl (C=O) groups excluding carboxylic acids is 1. The van der Waals surface area contributed by atoms with Gasteiger partial charge in [0.15, 0.2) is 0 Å². The van der Waals surface area contributed by atoms with Crippen molar-refractivity contribution in [3.05, 3.63) is 35.5 Å². The molecule has 0 bridgehead atoms. The van der Waals surface area contributed by atoms with Crippen LogP contribution in [0.2, 0.25) is 0 Å². The van der Waals surface area contributed by atoms with E-state index < -0.39 is 0 Å². The van der Waals surface area contributed by atoms with Crippen molar-refractivity contribution in [3.8, 4) is 0 Å². The van der Waals surface area contributed by atoms with Crippen LogP contribution in [0.4, 0.5) is 0 Å². The summed E-state index contributed by atoms with van der Waals surface area (Å²) in [7, 11) is 0. The first-order valence-electron chi connectivity index (χ1n) is 8.75. The van der Waals surface area contributed by atoms with Gasteiger partial charge in [0, 0.05) is 23.1 Å². The maximum atomic E-state index is 11.9. The van der Waals surface area contributed by atoms with Crippen LogP contribution in [0, 0.1) is 6.92 Å². The number of fused-ring (bicyclic) bond motifs is 1. The first-order valence-corrected chi connectivity index (χ1v) is 8.75. The van der Waals surface area contributed by atoms with Crippen molar-refractivity contribution in [3.63, 3.8) is 0 Å². The monoisotopic (exact) mass is 313 g/mol. The second-order valence-electron chi connectivity index (χ2n) is 6.61. The molecule has 4 nitrogen and oxygen atoms in total. The topological polar surface area (TPSA) is 48.1 Å². The zero-order valence-corrected chi connectivity index (χ0v) is 14.2. The van der Waals surface area contributed by atoms with Crippen LogP contribution in [-0.2, 0) is 4.79 Å². The van der Waals surface area contributed by atoms with Crippen molar-refractivity contribution in [1.29, 1.82) is 0 Å². The Morgan fingerprint density at radius 2 is 2.04 bits per heavy atom. The number of aryl methyl sites for hydroxylation is 1. The summed E-state index contributed by atoms with van der Waals surface area (Å²) in [5, 5.41) is 4.33. The lowest BCUT2D eigenvalue weighted by molar-refractivity contribution is -0.122. The number of H-pyrrole nitrogens is 1. The summed E-state index contributed by atoms with van der Waals surface area (Å²) in [5.41, 5.74) is 4.02. The summed E-state index contributed by atoms with van der Waals surface area (Å²) in [5.74, 6) is 0.759. The van der Waals surface area contributed by atoms with Crippen LogP contribution in [0.15, 0.2) is 24.3 Å². The van der Waals surface area contributed by atoms with Crippen molar-refractivity contribution >= 4 is 16.8 Å². The molecular formula is C19H27N3O. The van der Waals surface area contributed by atoms with E-state index in [9.17, 15) is 4.79 Å². The molecule has 0 saturated carbocycles. The quantitative estimate of drug-likeness (QED) is 0.890. The molecule has 0 radical (unpaired) electrons. The minimum absolute atomic E-state index is 0.161. The Labute approximate surface area is 138 Å². The number of para-hydroxylation sites is 1. The number of rotatable bonds is 5. The number of likely N-dealkylation sites (tertiary alicyclic amines) is 1. The van der Waals surface area contributed by atoms with Crippen LogP contribution in [-0.4, -0.2) is 42.0 Å². The third-order valence-corrected chi connectivity index (χ3v) is 4.88. The highest BCUT2D eigenvalue weighted by molar-refractivity contribution is 5.85. The predicted octanol–water partition coefficient (Wildman–Crippen LogP) is 3.18. The van der Waals surface area contributed by atoms with E-state index in [0.29, 0.717) is 12.5 Å². The van der Waals surface area contributed by atoms with Crippen molar-refractivity contribution in [1.82, 2.24) is 15.2 Å². The molecule has 0 spiro atoms. The third kappa shape index (κ3) is 3.58. The Balaban J connectivity index is 1.62. The molecule has 1 aromatic heterocycles. The molecule has 1 aliphatic rings. The average Bonchev–Trinajstić information content (AvgIpc) is 2.89. The van der Waals surface area contributed by atoms with Gasteiger partial charge in [0.25, 0.3) is 0 Å². The minimum Gasteiger partial charge on any atom is -0.358 e. The van der Waals surface area contributed by atoms with Crippen LogP contribution in [0.25, 0.3) is 10.9 Å². The molecule has 3 rings (SSSR count). The number of carbonyl (C=O) groups is 1. The van der Waals surface area contributed by atoms with E-state index >= 15 is 0 Å². The van der Waals surface area contributed by atoms with E-state index in [4.69, 9.17) is 0 Å². The SMILES string of the molecule is CCCNC(=O)CN1CCC(c2c(C)[nH]c3ccccc23)CC1. The number of piperidine rings is 1. The number of nitrogens with one attached hydrogen (secondary N) is 2. The van der Waals surface area contributed by atoms with Gasteiger partial charge in [-0.2, -0.15) is 0 Å². The van der Waals surface area contributed by atoms with Crippen molar-refractivity contribution in [2.24, 2.45) is 0 Å². The van der Waals surface area contributed by atoms with E-state index in [2.05, 4.69) is 53.3 Å². The number of benzene rings is 1. The molecule has 4 heteroatoms. The number of aromatic amines is 1. The normalized spacial score (nSPS) is 16.8. The largest absolute Gasteiger partial charge is 0.358 e. The molecule has 0 aliphatic carbocycles. The summed E-state index contributed by atoms with van der Waals surface area (Å²) in [6.45, 7) is 7.59. The number of amides is 1. The van der Waals surface area contributed by atoms with E-state index in [0.717, 1.165) is 38.9 Å². The summed E-state index contributed by atoms with van der Waals surface area (Å²) in [4.78, 5) is 17.6. The Morgan fingerprint density at radius 1 is 1.30 bits per heavy atom. The lowest BCUT2D eigenvalue weighted by Gasteiger charge is -2.31. The van der Waals surface area contributed by atoms with Gasteiger partial charge in [-0.3, -0.25) is 9.69 Å². The molecule has 0 unspecified atom stereocenters. The number of nitrogens with zero attached hydrogens (tertiary/aromatic N) is 1. The Morgan fingerprint density at radius 3 is 2.78 bits per heavy atom. The summed E-state index contributed by atoms with van der Waals surface area (Å²) in [6, 6.07) is 8.57. The van der Waals surface area contributed by atoms with Gasteiger partial charge in [0.05, 0.1) is 6.54 Å². The molecule has 23 heavy (non-hydrogen) atoms. The fraction of sp³-hybridized carbons (Fsp3) is 0.526. The minimum atomic E-state index is 0.161. The van der Waals surface area contributed by atoms with Gasteiger partial charge >= 0.3 is 0 Å². The zero-order valence-electron chi connectivity index (χ0n) is 14.2. The van der Waals surface area contributed by atoms with Crippen LogP contribution in [0.3, 0.4) is 0 Å². The van der Waals surface area contributed by atoms with Crippen LogP contribution in [0.5, 0.6) is 0 Å². The molecule has 1 amide bonds. The second-order valence-corrected chi connectivity index (χ2v) is 6.61. The van der Waals surface area contributed by atoms with Crippen LogP contribution >= 0.6 is 0 Å². The van der Waals surface area contributed by atoms with Crippen molar-refractivity contribution in [2.45, 2.75) is 39.0 Å². The standard InChI is InChI=1S/C19H27N3O/c1-3-10-20-18(23)13-22-11-8-15(9-12-22)19-14(2)21-17-7-5-4-6-16(17)19/h4-7,15,21H,3,8-13H2,1-2H3,(H,20,23). The van der Waals surface area contributed by atoms with Crippen molar-refractivity contribution < 1.29 is 4.79 Å². The van der Waals surface area contributed by atoms with Gasteiger partial charge in [-0.1, -0.05) is 25.1 Å². The zero-order chi connectivity index (χ0) is 16.2. The molecular weight excluding hydrogens is 286 g/mol. The number of hydrogen-bond donors (Lipinski definition) is 2. The van der Waals surface area contributed by atoms with E-state index in [-0.39, 0.29) is 5.91 Å². The van der Waals surface area contributed by atoms with E-state index in [1.807, 2.05) is 0 Å². The molecule has 0 atom stereocenters. The van der Waals surface area contributed by atoms with Gasteiger partial charge < -0.3 is 10.3 Å². The maximum absolute atomic E-state index is 11.9. The van der Waals surface area contributed by atoms with E-state index in [1.165, 1.54) is 22.2 Å². The first kappa shape index (κ1) is 16.1. The predicted molar refractivity (Wildman–Crippen MR) is 94.8 cm³/mol. The summed E-state index contributed by atoms with van der Waals surface area (Å²) in [6.07, 6.45) is 3.25. The Bertz CT molecular complexity index is 668. The average molecular weight is 313 g/mol. The lowest BCUT2D eigenvalue weighted by atomic mass is 9.87. The smallest absolute Gasteiger partial charge is 0.234 e. The first-order chi connectivity index (χ1) is 11.2. The number of hydrogen-bond acceptors (Lipinski definition) is 2. The van der Waals surface area contributed by atoms with Gasteiger partial charge in [0.2, 0.25) is 5.91 Å². The van der Waals surface area contributed by atoms with Gasteiger partial charge in [-0.05, 0) is 56.8 Å². The fourth-order valence-corrected chi connectivity index (χ4v) is 3.73. The fourth-order valence-electron chi connectivity index (χ4n) is 3.73. The molecule has 124 valence electrons. The molecule has 1 aliphatic heterocycles. The molecule has 2 heterocycles. The molecule has 2 N–H and O–H groups in total. The van der Waals surface area contributed by atoms with Gasteiger partial charge in [-0.25, -0.2) is 0 Å². The van der Waals surface area contributed by atoms with Crippen molar-refractivity contribution in [2.75, 3.05) is 26.2 Å². The molecule has 1 aromatic carbocycles. The van der Waals surface area contributed by atoms with Gasteiger partial charge in [-0.15, -0.1) is 0 Å². The van der Waals surface area contributed by atoms with Crippen LogP contribution < -0.4 is 5.32 Å². The third-order valence-electron chi connectivity index (χ3n) is 4.88. The second kappa shape index (κ2) is 7.18. The highest BCUT2D eigenvalue weighted by Gasteiger charge is 2.25. The summed E-state index contributed by atoms with van der Waals surface area (Å²) >= 11 is 0. The summed E-state index contributed by atoms with van der Waals surface area (Å²) < 4.78 is 0. The highest BCUT2D eigenvalue weighted by atomic mass is 16.2. The Hall–Kier alpha value is -1.81. The van der Waals surface area contributed by atoms with E-state index in [1.54, 1.807) is 0 Å². The Kier molecular flexibility index (Phi) is 5.01. The maximum Gasteiger partial charge on any atom is 0.234 e. The highest BCUT2D eigenvalue weighted by Crippen LogP contribution is 2.35. The molecule has 2 aromatic rings.